The van der Waals surface area contributed by atoms with Gasteiger partial charge in [-0.1, -0.05) is 19.1 Å². The number of pyridine rings is 1. The highest BCUT2D eigenvalue weighted by molar-refractivity contribution is 6.02. The zero-order valence-corrected chi connectivity index (χ0v) is 18.1. The summed E-state index contributed by atoms with van der Waals surface area (Å²) in [7, 11) is 0. The van der Waals surface area contributed by atoms with Crippen molar-refractivity contribution in [2.75, 3.05) is 19.6 Å². The third-order valence-electron chi connectivity index (χ3n) is 8.31. The smallest absolute Gasteiger partial charge is 0.253 e. The number of aryl methyl sites for hydroxylation is 1. The minimum absolute atomic E-state index is 0.0227. The molecular formula is C26H25FN4O. The molecule has 2 aliphatic heterocycles. The highest BCUT2D eigenvalue weighted by atomic mass is 19.1. The van der Waals surface area contributed by atoms with E-state index in [-0.39, 0.29) is 22.7 Å². The van der Waals surface area contributed by atoms with E-state index in [2.05, 4.69) is 27.1 Å². The van der Waals surface area contributed by atoms with Crippen LogP contribution in [0.5, 0.6) is 0 Å². The molecule has 2 spiro atoms. The lowest BCUT2D eigenvalue weighted by Crippen LogP contribution is -2.72. The lowest BCUT2D eigenvalue weighted by Gasteiger charge is -2.56. The monoisotopic (exact) mass is 428 g/mol. The number of aromatic amines is 1. The van der Waals surface area contributed by atoms with Crippen LogP contribution >= 0.6 is 0 Å². The van der Waals surface area contributed by atoms with Crippen molar-refractivity contribution in [3.63, 3.8) is 0 Å². The van der Waals surface area contributed by atoms with Crippen molar-refractivity contribution in [3.05, 3.63) is 64.7 Å². The molecule has 2 fully saturated rings. The molecule has 1 saturated heterocycles. The number of carbonyl (C=O) groups is 1. The number of carbonyl (C=O) groups excluding carboxylic acids is 1. The van der Waals surface area contributed by atoms with Crippen LogP contribution in [0.3, 0.4) is 0 Å². The van der Waals surface area contributed by atoms with Gasteiger partial charge in [-0.25, -0.2) is 4.39 Å². The fourth-order valence-corrected chi connectivity index (χ4v) is 6.39. The normalized spacial score (nSPS) is 21.5. The lowest BCUT2D eigenvalue weighted by atomic mass is 9.65. The molecule has 4 aliphatic rings. The van der Waals surface area contributed by atoms with Crippen LogP contribution in [0, 0.1) is 5.82 Å². The van der Waals surface area contributed by atoms with Gasteiger partial charge in [-0.3, -0.25) is 9.78 Å². The molecule has 3 aromatic rings. The first kappa shape index (κ1) is 18.6. The predicted octanol–water partition coefficient (Wildman–Crippen LogP) is 3.83. The second-order valence-corrected chi connectivity index (χ2v) is 9.86. The minimum atomic E-state index is -0.273. The molecule has 4 heterocycles. The van der Waals surface area contributed by atoms with Gasteiger partial charge in [0.05, 0.1) is 27.9 Å². The maximum atomic E-state index is 14.5. The van der Waals surface area contributed by atoms with Gasteiger partial charge >= 0.3 is 0 Å². The SMILES string of the molecule is CCN1CC2(C1)c1[nH]c3c(c1C(=O)NC21CC1)CCc1cnc(-c2ccccc2F)cc1-3. The molecule has 7 rings (SSSR count). The number of hydrogen-bond acceptors (Lipinski definition) is 3. The first-order valence-electron chi connectivity index (χ1n) is 11.6. The topological polar surface area (TPSA) is 61.0 Å². The van der Waals surface area contributed by atoms with Gasteiger partial charge in [0, 0.05) is 36.1 Å². The Bertz CT molecular complexity index is 1300. The number of rotatable bonds is 2. The summed E-state index contributed by atoms with van der Waals surface area (Å²) in [5, 5.41) is 3.42. The van der Waals surface area contributed by atoms with Crippen LogP contribution in [0.25, 0.3) is 22.5 Å². The summed E-state index contributed by atoms with van der Waals surface area (Å²) in [6, 6.07) is 8.75. The molecule has 1 amide bonds. The Morgan fingerprint density at radius 3 is 2.72 bits per heavy atom. The lowest BCUT2D eigenvalue weighted by molar-refractivity contribution is 0.0199. The Balaban J connectivity index is 1.41. The fraction of sp³-hybridized carbons (Fsp3) is 0.385. The number of likely N-dealkylation sites (N-methyl/N-ethyl adjacent to an activating group) is 1. The van der Waals surface area contributed by atoms with Crippen molar-refractivity contribution in [1.82, 2.24) is 20.2 Å². The summed E-state index contributed by atoms with van der Waals surface area (Å²) in [6.07, 6.45) is 5.64. The van der Waals surface area contributed by atoms with Crippen molar-refractivity contribution in [2.45, 2.75) is 43.6 Å². The van der Waals surface area contributed by atoms with Crippen LogP contribution in [0.4, 0.5) is 4.39 Å². The molecule has 2 aromatic heterocycles. The average Bonchev–Trinajstić information content (AvgIpc) is 3.41. The van der Waals surface area contributed by atoms with E-state index in [0.29, 0.717) is 11.3 Å². The summed E-state index contributed by atoms with van der Waals surface area (Å²) >= 11 is 0. The number of hydrogen-bond donors (Lipinski definition) is 2. The number of benzene rings is 1. The first-order chi connectivity index (χ1) is 15.6. The van der Waals surface area contributed by atoms with Gasteiger partial charge in [-0.2, -0.15) is 0 Å². The maximum Gasteiger partial charge on any atom is 0.253 e. The summed E-state index contributed by atoms with van der Waals surface area (Å²) in [6.45, 7) is 5.20. The minimum Gasteiger partial charge on any atom is -0.357 e. The molecule has 0 radical (unpaired) electrons. The molecule has 2 aliphatic carbocycles. The molecule has 6 heteroatoms. The Morgan fingerprint density at radius 2 is 1.97 bits per heavy atom. The second kappa shape index (κ2) is 6.07. The highest BCUT2D eigenvalue weighted by Crippen LogP contribution is 2.59. The van der Waals surface area contributed by atoms with E-state index in [1.54, 1.807) is 12.1 Å². The van der Waals surface area contributed by atoms with E-state index in [4.69, 9.17) is 0 Å². The maximum absolute atomic E-state index is 14.5. The molecule has 0 bridgehead atoms. The van der Waals surface area contributed by atoms with E-state index < -0.39 is 0 Å². The standard InChI is InChI=1S/C26H25FN4O/c1-2-31-13-25(14-31)23-21(24(32)30-26(25)9-10-26)17-8-7-15-12-28-20(11-18(15)22(17)29-23)16-5-3-4-6-19(16)27/h3-6,11-12,29H,2,7-10,13-14H2,1H3,(H,30,32). The van der Waals surface area contributed by atoms with E-state index in [1.807, 2.05) is 18.3 Å². The summed E-state index contributed by atoms with van der Waals surface area (Å²) in [4.78, 5) is 24.1. The summed E-state index contributed by atoms with van der Waals surface area (Å²) < 4.78 is 14.5. The van der Waals surface area contributed by atoms with E-state index in [9.17, 15) is 9.18 Å². The first-order valence-corrected chi connectivity index (χ1v) is 11.6. The summed E-state index contributed by atoms with van der Waals surface area (Å²) in [5.41, 5.74) is 7.35. The Kier molecular flexibility index (Phi) is 3.52. The van der Waals surface area contributed by atoms with E-state index >= 15 is 0 Å². The number of aromatic nitrogens is 2. The second-order valence-electron chi connectivity index (χ2n) is 9.86. The number of likely N-dealkylation sites (tertiary alicyclic amines) is 1. The van der Waals surface area contributed by atoms with Crippen LogP contribution in [-0.2, 0) is 18.3 Å². The van der Waals surface area contributed by atoms with Crippen LogP contribution < -0.4 is 5.32 Å². The Hall–Kier alpha value is -2.99. The van der Waals surface area contributed by atoms with Crippen LogP contribution in [0.1, 0.15) is 46.9 Å². The fourth-order valence-electron chi connectivity index (χ4n) is 6.39. The van der Waals surface area contributed by atoms with Crippen molar-refractivity contribution < 1.29 is 9.18 Å². The molecule has 0 unspecified atom stereocenters. The largest absolute Gasteiger partial charge is 0.357 e. The average molecular weight is 429 g/mol. The quantitative estimate of drug-likeness (QED) is 0.652. The van der Waals surface area contributed by atoms with E-state index in [1.165, 1.54) is 6.07 Å². The summed E-state index contributed by atoms with van der Waals surface area (Å²) in [5.74, 6) is -0.202. The number of halogens is 1. The molecule has 1 aromatic carbocycles. The van der Waals surface area contributed by atoms with Gasteiger partial charge in [0.25, 0.3) is 5.91 Å². The number of amides is 1. The molecule has 32 heavy (non-hydrogen) atoms. The zero-order valence-electron chi connectivity index (χ0n) is 18.1. The third-order valence-corrected chi connectivity index (χ3v) is 8.31. The predicted molar refractivity (Wildman–Crippen MR) is 120 cm³/mol. The third kappa shape index (κ3) is 2.21. The van der Waals surface area contributed by atoms with Crippen molar-refractivity contribution >= 4 is 5.91 Å². The van der Waals surface area contributed by atoms with Gasteiger partial charge < -0.3 is 15.2 Å². The van der Waals surface area contributed by atoms with Gasteiger partial charge in [-0.15, -0.1) is 0 Å². The highest BCUT2D eigenvalue weighted by Gasteiger charge is 2.69. The number of nitrogens with one attached hydrogen (secondary N) is 2. The van der Waals surface area contributed by atoms with Crippen LogP contribution in [-0.4, -0.2) is 45.9 Å². The number of fused-ring (bicyclic) bond motifs is 7. The van der Waals surface area contributed by atoms with Gasteiger partial charge in [0.1, 0.15) is 5.82 Å². The number of nitrogens with zero attached hydrogens (tertiary/aromatic N) is 2. The molecule has 1 saturated carbocycles. The zero-order chi connectivity index (χ0) is 21.7. The molecule has 162 valence electrons. The van der Waals surface area contributed by atoms with Gasteiger partial charge in [0.2, 0.25) is 0 Å². The Morgan fingerprint density at radius 1 is 1.16 bits per heavy atom. The van der Waals surface area contributed by atoms with Crippen molar-refractivity contribution in [2.24, 2.45) is 0 Å². The van der Waals surface area contributed by atoms with Gasteiger partial charge in [0.15, 0.2) is 0 Å². The molecule has 5 nitrogen and oxygen atoms in total. The van der Waals surface area contributed by atoms with Crippen LogP contribution in [0.15, 0.2) is 36.5 Å². The van der Waals surface area contributed by atoms with Crippen molar-refractivity contribution in [1.29, 1.82) is 0 Å². The van der Waals surface area contributed by atoms with Crippen molar-refractivity contribution in [3.8, 4) is 22.5 Å². The molecular weight excluding hydrogens is 403 g/mol. The van der Waals surface area contributed by atoms with E-state index in [0.717, 1.165) is 79.0 Å². The van der Waals surface area contributed by atoms with Gasteiger partial charge in [-0.05, 0) is 61.6 Å². The Labute approximate surface area is 186 Å². The number of H-pyrrole nitrogens is 1. The van der Waals surface area contributed by atoms with Crippen LogP contribution in [0.2, 0.25) is 0 Å². The molecule has 2 N–H and O–H groups in total. The molecule has 0 atom stereocenters.